The number of rotatable bonds is 4. The van der Waals surface area contributed by atoms with Crippen LogP contribution < -0.4 is 0 Å². The lowest BCUT2D eigenvalue weighted by molar-refractivity contribution is 0.0911. The highest BCUT2D eigenvalue weighted by Crippen LogP contribution is 2.37. The molecule has 1 aromatic heterocycles. The van der Waals surface area contributed by atoms with Gasteiger partial charge in [0.15, 0.2) is 5.78 Å². The van der Waals surface area contributed by atoms with Crippen molar-refractivity contribution < 1.29 is 13.2 Å². The number of H-pyrrole nitrogens is 1. The van der Waals surface area contributed by atoms with E-state index in [-0.39, 0.29) is 11.2 Å². The van der Waals surface area contributed by atoms with Gasteiger partial charge in [0.05, 0.1) is 4.90 Å². The standard InChI is InChI=1S/C22H28N2O3S/c1-15-18(21-19(23-15)13-22(2,3)14-20(21)25)12-16-6-8-17(9-7-16)28(26,27)24-10-4-5-11-24/h6-9,23H,4-5,10-14H2,1-3H3. The fourth-order valence-electron chi connectivity index (χ4n) is 4.55. The van der Waals surface area contributed by atoms with Gasteiger partial charge in [-0.15, -0.1) is 0 Å². The zero-order chi connectivity index (χ0) is 20.1. The van der Waals surface area contributed by atoms with Gasteiger partial charge in [-0.1, -0.05) is 26.0 Å². The summed E-state index contributed by atoms with van der Waals surface area (Å²) in [6, 6.07) is 7.14. The molecule has 2 aliphatic rings. The Kier molecular flexibility index (Phi) is 4.74. The number of fused-ring (bicyclic) bond motifs is 1. The van der Waals surface area contributed by atoms with Gasteiger partial charge in [-0.2, -0.15) is 4.31 Å². The first-order valence-electron chi connectivity index (χ1n) is 10.00. The summed E-state index contributed by atoms with van der Waals surface area (Å²) >= 11 is 0. The highest BCUT2D eigenvalue weighted by atomic mass is 32.2. The van der Waals surface area contributed by atoms with E-state index in [1.807, 2.05) is 19.1 Å². The summed E-state index contributed by atoms with van der Waals surface area (Å²) in [7, 11) is -3.39. The molecule has 1 aliphatic heterocycles. The van der Waals surface area contributed by atoms with Gasteiger partial charge in [0.1, 0.15) is 0 Å². The normalized spacial score (nSPS) is 19.8. The quantitative estimate of drug-likeness (QED) is 0.847. The SMILES string of the molecule is Cc1[nH]c2c(c1Cc1ccc(S(=O)(=O)N3CCCC3)cc1)C(=O)CC(C)(C)C2. The lowest BCUT2D eigenvalue weighted by Gasteiger charge is -2.28. The van der Waals surface area contributed by atoms with E-state index in [4.69, 9.17) is 0 Å². The predicted octanol–water partition coefficient (Wildman–Crippen LogP) is 3.85. The van der Waals surface area contributed by atoms with Crippen LogP contribution >= 0.6 is 0 Å². The summed E-state index contributed by atoms with van der Waals surface area (Å²) < 4.78 is 26.9. The molecule has 1 fully saturated rings. The first-order chi connectivity index (χ1) is 13.2. The average molecular weight is 401 g/mol. The van der Waals surface area contributed by atoms with Gasteiger partial charge >= 0.3 is 0 Å². The first kappa shape index (κ1) is 19.4. The molecule has 150 valence electrons. The highest BCUT2D eigenvalue weighted by molar-refractivity contribution is 7.89. The number of carbonyl (C=O) groups is 1. The van der Waals surface area contributed by atoms with Crippen LogP contribution in [0.1, 0.15) is 66.0 Å². The van der Waals surface area contributed by atoms with Crippen molar-refractivity contribution >= 4 is 15.8 Å². The van der Waals surface area contributed by atoms with Crippen LogP contribution in [-0.2, 0) is 22.9 Å². The van der Waals surface area contributed by atoms with Crippen LogP contribution in [0.5, 0.6) is 0 Å². The van der Waals surface area contributed by atoms with Gasteiger partial charge in [-0.3, -0.25) is 4.79 Å². The molecule has 1 saturated heterocycles. The Bertz CT molecular complexity index is 1010. The largest absolute Gasteiger partial charge is 0.362 e. The number of Topliss-reactive ketones (excluding diaryl/α,β-unsaturated/α-hetero) is 1. The number of ketones is 1. The predicted molar refractivity (Wildman–Crippen MR) is 109 cm³/mol. The number of aryl methyl sites for hydroxylation is 1. The molecule has 0 amide bonds. The molecule has 0 saturated carbocycles. The van der Waals surface area contributed by atoms with Gasteiger partial charge in [0.2, 0.25) is 10.0 Å². The zero-order valence-corrected chi connectivity index (χ0v) is 17.7. The van der Waals surface area contributed by atoms with Crippen molar-refractivity contribution in [2.75, 3.05) is 13.1 Å². The molecule has 1 N–H and O–H groups in total. The van der Waals surface area contributed by atoms with Gasteiger partial charge in [-0.25, -0.2) is 8.42 Å². The monoisotopic (exact) mass is 400 g/mol. The van der Waals surface area contributed by atoms with Crippen LogP contribution in [-0.4, -0.2) is 36.6 Å². The Morgan fingerprint density at radius 1 is 1.07 bits per heavy atom. The second kappa shape index (κ2) is 6.85. The van der Waals surface area contributed by atoms with E-state index in [0.717, 1.165) is 47.3 Å². The third kappa shape index (κ3) is 3.44. The van der Waals surface area contributed by atoms with Crippen molar-refractivity contribution in [3.8, 4) is 0 Å². The molecule has 2 aromatic rings. The number of nitrogens with zero attached hydrogens (tertiary/aromatic N) is 1. The summed E-state index contributed by atoms with van der Waals surface area (Å²) in [5.41, 5.74) is 4.98. The van der Waals surface area contributed by atoms with Crippen LogP contribution in [0.2, 0.25) is 0 Å². The van der Waals surface area contributed by atoms with Crippen LogP contribution in [0.15, 0.2) is 29.2 Å². The van der Waals surface area contributed by atoms with Crippen molar-refractivity contribution in [2.45, 2.75) is 57.8 Å². The fourth-order valence-corrected chi connectivity index (χ4v) is 6.07. The summed E-state index contributed by atoms with van der Waals surface area (Å²) in [5, 5.41) is 0. The van der Waals surface area contributed by atoms with E-state index in [1.165, 1.54) is 0 Å². The first-order valence-corrected chi connectivity index (χ1v) is 11.4. The zero-order valence-electron chi connectivity index (χ0n) is 16.8. The number of aromatic amines is 1. The van der Waals surface area contributed by atoms with Gasteiger partial charge in [-0.05, 0) is 61.3 Å². The summed E-state index contributed by atoms with van der Waals surface area (Å²) in [4.78, 5) is 16.5. The maximum atomic E-state index is 12.8. The molecule has 2 heterocycles. The Hall–Kier alpha value is -1.92. The van der Waals surface area contributed by atoms with Crippen molar-refractivity contribution in [3.63, 3.8) is 0 Å². The molecule has 0 atom stereocenters. The van der Waals surface area contributed by atoms with Crippen LogP contribution in [0.4, 0.5) is 0 Å². The molecule has 1 aromatic carbocycles. The van der Waals surface area contributed by atoms with Crippen molar-refractivity contribution in [2.24, 2.45) is 5.41 Å². The third-order valence-corrected chi connectivity index (χ3v) is 7.89. The average Bonchev–Trinajstić information content (AvgIpc) is 3.24. The molecule has 0 radical (unpaired) electrons. The van der Waals surface area contributed by atoms with Gasteiger partial charge < -0.3 is 4.98 Å². The molecule has 1 aliphatic carbocycles. The Morgan fingerprint density at radius 2 is 1.71 bits per heavy atom. The smallest absolute Gasteiger partial charge is 0.243 e. The van der Waals surface area contributed by atoms with E-state index in [1.54, 1.807) is 16.4 Å². The molecule has 0 bridgehead atoms. The third-order valence-electron chi connectivity index (χ3n) is 5.97. The van der Waals surface area contributed by atoms with Crippen molar-refractivity contribution in [3.05, 3.63) is 52.3 Å². The van der Waals surface area contributed by atoms with E-state index in [0.29, 0.717) is 30.8 Å². The van der Waals surface area contributed by atoms with Crippen LogP contribution in [0.25, 0.3) is 0 Å². The Morgan fingerprint density at radius 3 is 2.36 bits per heavy atom. The number of hydrogen-bond acceptors (Lipinski definition) is 3. The minimum Gasteiger partial charge on any atom is -0.362 e. The number of nitrogens with one attached hydrogen (secondary N) is 1. The van der Waals surface area contributed by atoms with E-state index in [2.05, 4.69) is 18.8 Å². The lowest BCUT2D eigenvalue weighted by atomic mass is 9.75. The fraction of sp³-hybridized carbons (Fsp3) is 0.500. The second-order valence-electron chi connectivity index (χ2n) is 8.95. The number of sulfonamides is 1. The van der Waals surface area contributed by atoms with E-state index < -0.39 is 10.0 Å². The summed E-state index contributed by atoms with van der Waals surface area (Å²) in [6.07, 6.45) is 3.94. The van der Waals surface area contributed by atoms with Crippen molar-refractivity contribution in [1.82, 2.24) is 9.29 Å². The molecule has 0 spiro atoms. The minimum absolute atomic E-state index is 0.00970. The Balaban J connectivity index is 1.60. The molecule has 0 unspecified atom stereocenters. The molecule has 4 rings (SSSR count). The molecular formula is C22H28N2O3S. The number of aromatic nitrogens is 1. The van der Waals surface area contributed by atoms with Crippen LogP contribution in [0, 0.1) is 12.3 Å². The van der Waals surface area contributed by atoms with E-state index in [9.17, 15) is 13.2 Å². The summed E-state index contributed by atoms with van der Waals surface area (Å²) in [5.74, 6) is 0.207. The minimum atomic E-state index is -3.39. The lowest BCUT2D eigenvalue weighted by Crippen LogP contribution is -2.27. The summed E-state index contributed by atoms with van der Waals surface area (Å²) in [6.45, 7) is 7.49. The maximum absolute atomic E-state index is 12.8. The number of carbonyl (C=O) groups excluding carboxylic acids is 1. The van der Waals surface area contributed by atoms with E-state index >= 15 is 0 Å². The van der Waals surface area contributed by atoms with Crippen molar-refractivity contribution in [1.29, 1.82) is 0 Å². The van der Waals surface area contributed by atoms with Gasteiger partial charge in [0.25, 0.3) is 0 Å². The highest BCUT2D eigenvalue weighted by Gasteiger charge is 2.34. The van der Waals surface area contributed by atoms with Crippen LogP contribution in [0.3, 0.4) is 0 Å². The molecule has 6 heteroatoms. The Labute approximate surface area is 167 Å². The second-order valence-corrected chi connectivity index (χ2v) is 10.9. The molecular weight excluding hydrogens is 372 g/mol. The number of hydrogen-bond donors (Lipinski definition) is 1. The number of benzene rings is 1. The maximum Gasteiger partial charge on any atom is 0.243 e. The van der Waals surface area contributed by atoms with Gasteiger partial charge in [0, 0.05) is 36.5 Å². The topological polar surface area (TPSA) is 70.2 Å². The molecule has 5 nitrogen and oxygen atoms in total. The molecule has 28 heavy (non-hydrogen) atoms.